The maximum absolute atomic E-state index is 4.45. The fourth-order valence-corrected chi connectivity index (χ4v) is 2.50. The Balaban J connectivity index is 2.27. The first kappa shape index (κ1) is 14.0. The normalized spacial score (nSPS) is 12.3. The molecule has 0 saturated carbocycles. The first-order chi connectivity index (χ1) is 9.00. The maximum Gasteiger partial charge on any atom is 0.0704 e. The van der Waals surface area contributed by atoms with Crippen molar-refractivity contribution >= 4 is 10.9 Å². The fourth-order valence-electron chi connectivity index (χ4n) is 2.50. The Morgan fingerprint density at radius 1 is 1.16 bits per heavy atom. The molecule has 0 atom stereocenters. The minimum Gasteiger partial charge on any atom is -0.315 e. The third-order valence-electron chi connectivity index (χ3n) is 3.68. The molecule has 1 aromatic heterocycles. The highest BCUT2D eigenvalue weighted by Gasteiger charge is 2.22. The van der Waals surface area contributed by atoms with Gasteiger partial charge >= 0.3 is 0 Å². The van der Waals surface area contributed by atoms with Gasteiger partial charge in [-0.2, -0.15) is 0 Å². The number of hydrogen-bond acceptors (Lipinski definition) is 2. The molecule has 0 aliphatic rings. The Morgan fingerprint density at radius 2 is 1.95 bits per heavy atom. The van der Waals surface area contributed by atoms with Crippen LogP contribution in [-0.4, -0.2) is 17.6 Å². The molecule has 1 aromatic carbocycles. The van der Waals surface area contributed by atoms with E-state index in [9.17, 15) is 0 Å². The van der Waals surface area contributed by atoms with Crippen LogP contribution in [0.1, 0.15) is 39.7 Å². The van der Waals surface area contributed by atoms with Crippen molar-refractivity contribution in [3.8, 4) is 0 Å². The van der Waals surface area contributed by atoms with E-state index < -0.39 is 0 Å². The average molecular weight is 256 g/mol. The van der Waals surface area contributed by atoms with Crippen molar-refractivity contribution in [1.29, 1.82) is 0 Å². The zero-order chi connectivity index (χ0) is 13.9. The highest BCUT2D eigenvalue weighted by Crippen LogP contribution is 2.31. The quantitative estimate of drug-likeness (QED) is 0.877. The first-order valence-corrected chi connectivity index (χ1v) is 7.08. The third kappa shape index (κ3) is 3.32. The number of fused-ring (bicyclic) bond motifs is 1. The molecular formula is C17H24N2. The van der Waals surface area contributed by atoms with E-state index in [0.29, 0.717) is 6.04 Å². The van der Waals surface area contributed by atoms with Crippen LogP contribution in [0.2, 0.25) is 0 Å². The van der Waals surface area contributed by atoms with Gasteiger partial charge in [0, 0.05) is 17.6 Å². The second-order valence-electron chi connectivity index (χ2n) is 6.12. The lowest BCUT2D eigenvalue weighted by Gasteiger charge is -2.27. The smallest absolute Gasteiger partial charge is 0.0704 e. The van der Waals surface area contributed by atoms with Gasteiger partial charge in [0.1, 0.15) is 0 Å². The topological polar surface area (TPSA) is 24.9 Å². The molecule has 0 amide bonds. The summed E-state index contributed by atoms with van der Waals surface area (Å²) in [6.45, 7) is 10.1. The summed E-state index contributed by atoms with van der Waals surface area (Å²) in [6, 6.07) is 11.2. The molecular weight excluding hydrogens is 232 g/mol. The van der Waals surface area contributed by atoms with Crippen molar-refractivity contribution in [2.24, 2.45) is 0 Å². The molecule has 0 saturated heterocycles. The van der Waals surface area contributed by atoms with E-state index >= 15 is 0 Å². The highest BCUT2D eigenvalue weighted by atomic mass is 14.9. The Morgan fingerprint density at radius 3 is 2.68 bits per heavy atom. The highest BCUT2D eigenvalue weighted by molar-refractivity contribution is 5.83. The average Bonchev–Trinajstić information content (AvgIpc) is 2.37. The van der Waals surface area contributed by atoms with Crippen LogP contribution in [0.4, 0.5) is 0 Å². The predicted octanol–water partition coefficient (Wildman–Crippen LogP) is 3.90. The van der Waals surface area contributed by atoms with E-state index in [1.807, 2.05) is 12.3 Å². The molecule has 0 aliphatic carbocycles. The first-order valence-electron chi connectivity index (χ1n) is 7.08. The summed E-state index contributed by atoms with van der Waals surface area (Å²) in [5, 5.41) is 4.78. The summed E-state index contributed by atoms with van der Waals surface area (Å²) in [5.74, 6) is 0. The number of nitrogens with zero attached hydrogens (tertiary/aromatic N) is 1. The molecule has 1 heterocycles. The van der Waals surface area contributed by atoms with Crippen molar-refractivity contribution in [3.63, 3.8) is 0 Å². The molecule has 1 N–H and O–H groups in total. The van der Waals surface area contributed by atoms with Crippen molar-refractivity contribution in [1.82, 2.24) is 10.3 Å². The van der Waals surface area contributed by atoms with E-state index in [-0.39, 0.29) is 5.41 Å². The maximum atomic E-state index is 4.45. The van der Waals surface area contributed by atoms with E-state index in [1.54, 1.807) is 0 Å². The monoisotopic (exact) mass is 256 g/mol. The summed E-state index contributed by atoms with van der Waals surface area (Å²) in [6.07, 6.45) is 2.98. The van der Waals surface area contributed by atoms with Gasteiger partial charge in [-0.15, -0.1) is 0 Å². The molecule has 0 unspecified atom stereocenters. The Bertz CT molecular complexity index is 538. The van der Waals surface area contributed by atoms with Crippen LogP contribution >= 0.6 is 0 Å². The fraction of sp³-hybridized carbons (Fsp3) is 0.471. The van der Waals surface area contributed by atoms with Gasteiger partial charge in [0.05, 0.1) is 5.52 Å². The molecule has 0 radical (unpaired) electrons. The molecule has 2 rings (SSSR count). The van der Waals surface area contributed by atoms with Gasteiger partial charge < -0.3 is 5.32 Å². The zero-order valence-electron chi connectivity index (χ0n) is 12.4. The SMILES string of the molecule is CC(C)NCCC(C)(C)c1cccc2ncccc12. The lowest BCUT2D eigenvalue weighted by atomic mass is 9.79. The Hall–Kier alpha value is -1.41. The van der Waals surface area contributed by atoms with E-state index in [2.05, 4.69) is 62.3 Å². The molecule has 0 bridgehead atoms. The van der Waals surface area contributed by atoms with E-state index in [0.717, 1.165) is 18.5 Å². The summed E-state index contributed by atoms with van der Waals surface area (Å²) >= 11 is 0. The van der Waals surface area contributed by atoms with Gasteiger partial charge in [0.2, 0.25) is 0 Å². The minimum atomic E-state index is 0.157. The van der Waals surface area contributed by atoms with Crippen LogP contribution in [0.5, 0.6) is 0 Å². The van der Waals surface area contributed by atoms with Crippen LogP contribution in [-0.2, 0) is 5.41 Å². The standard InChI is InChI=1S/C17H24N2/c1-13(2)18-12-10-17(3,4)15-8-5-9-16-14(15)7-6-11-19-16/h5-9,11,13,18H,10,12H2,1-4H3. The Labute approximate surface area is 116 Å². The predicted molar refractivity (Wildman–Crippen MR) is 82.5 cm³/mol. The van der Waals surface area contributed by atoms with Crippen molar-refractivity contribution in [2.45, 2.75) is 45.6 Å². The van der Waals surface area contributed by atoms with Crippen molar-refractivity contribution in [3.05, 3.63) is 42.1 Å². The number of pyridine rings is 1. The van der Waals surface area contributed by atoms with Crippen molar-refractivity contribution < 1.29 is 0 Å². The van der Waals surface area contributed by atoms with Gasteiger partial charge in [-0.25, -0.2) is 0 Å². The van der Waals surface area contributed by atoms with Gasteiger partial charge in [-0.1, -0.05) is 45.9 Å². The molecule has 2 nitrogen and oxygen atoms in total. The van der Waals surface area contributed by atoms with Crippen molar-refractivity contribution in [2.75, 3.05) is 6.54 Å². The summed E-state index contributed by atoms with van der Waals surface area (Å²) < 4.78 is 0. The lowest BCUT2D eigenvalue weighted by Crippen LogP contribution is -2.29. The van der Waals surface area contributed by atoms with Crippen LogP contribution in [0.15, 0.2) is 36.5 Å². The number of benzene rings is 1. The molecule has 102 valence electrons. The third-order valence-corrected chi connectivity index (χ3v) is 3.68. The molecule has 2 aromatic rings. The number of rotatable bonds is 5. The minimum absolute atomic E-state index is 0.157. The van der Waals surface area contributed by atoms with Gasteiger partial charge in [0.25, 0.3) is 0 Å². The summed E-state index contributed by atoms with van der Waals surface area (Å²) in [7, 11) is 0. The molecule has 0 fully saturated rings. The summed E-state index contributed by atoms with van der Waals surface area (Å²) in [4.78, 5) is 4.45. The Kier molecular flexibility index (Phi) is 4.20. The van der Waals surface area contributed by atoms with Crippen LogP contribution in [0.25, 0.3) is 10.9 Å². The van der Waals surface area contributed by atoms with Gasteiger partial charge in [-0.05, 0) is 36.1 Å². The largest absolute Gasteiger partial charge is 0.315 e. The van der Waals surface area contributed by atoms with Crippen LogP contribution < -0.4 is 5.32 Å². The number of aromatic nitrogens is 1. The number of nitrogens with one attached hydrogen (secondary N) is 1. The lowest BCUT2D eigenvalue weighted by molar-refractivity contribution is 0.444. The van der Waals surface area contributed by atoms with Gasteiger partial charge in [-0.3, -0.25) is 4.98 Å². The zero-order valence-corrected chi connectivity index (χ0v) is 12.4. The van der Waals surface area contributed by atoms with Gasteiger partial charge in [0.15, 0.2) is 0 Å². The van der Waals surface area contributed by atoms with E-state index in [4.69, 9.17) is 0 Å². The summed E-state index contributed by atoms with van der Waals surface area (Å²) in [5.41, 5.74) is 2.64. The molecule has 2 heteroatoms. The number of hydrogen-bond donors (Lipinski definition) is 1. The van der Waals surface area contributed by atoms with Crippen LogP contribution in [0, 0.1) is 0 Å². The molecule has 0 spiro atoms. The van der Waals surface area contributed by atoms with E-state index in [1.165, 1.54) is 10.9 Å². The van der Waals surface area contributed by atoms with Crippen LogP contribution in [0.3, 0.4) is 0 Å². The molecule has 19 heavy (non-hydrogen) atoms. The molecule has 0 aliphatic heterocycles. The second-order valence-corrected chi connectivity index (χ2v) is 6.12. The second kappa shape index (κ2) is 5.70.